The fraction of sp³-hybridized carbons (Fsp3) is 0.500. The number of rotatable bonds is 4. The molecule has 0 saturated heterocycles. The van der Waals surface area contributed by atoms with Crippen LogP contribution in [0.1, 0.15) is 36.7 Å². The number of aromatic nitrogens is 1. The van der Waals surface area contributed by atoms with E-state index >= 15 is 0 Å². The summed E-state index contributed by atoms with van der Waals surface area (Å²) in [5.41, 5.74) is 0.900. The summed E-state index contributed by atoms with van der Waals surface area (Å²) in [5.74, 6) is 0.0905. The normalized spacial score (nSPS) is 17.1. The number of carbonyl (C=O) groups excluding carboxylic acids is 1. The van der Waals surface area contributed by atoms with Crippen LogP contribution in [0.5, 0.6) is 0 Å². The van der Waals surface area contributed by atoms with Gasteiger partial charge in [-0.15, -0.1) is 0 Å². The van der Waals surface area contributed by atoms with Crippen LogP contribution in [0.25, 0.3) is 0 Å². The van der Waals surface area contributed by atoms with Gasteiger partial charge < -0.3 is 4.57 Å². The largest absolute Gasteiger partial charge is 0.345 e. The minimum atomic E-state index is 0.0905. The van der Waals surface area contributed by atoms with E-state index in [1.165, 1.54) is 0 Å². The molecule has 0 aliphatic heterocycles. The molecule has 15 heavy (non-hydrogen) atoms. The van der Waals surface area contributed by atoms with Crippen molar-refractivity contribution in [3.05, 3.63) is 24.0 Å². The molecule has 0 radical (unpaired) electrons. The summed E-state index contributed by atoms with van der Waals surface area (Å²) in [6, 6.07) is 5.96. The van der Waals surface area contributed by atoms with Gasteiger partial charge >= 0.3 is 0 Å². The lowest BCUT2D eigenvalue weighted by Gasteiger charge is -2.14. The lowest BCUT2D eigenvalue weighted by Crippen LogP contribution is -2.14. The van der Waals surface area contributed by atoms with Crippen LogP contribution in [0.2, 0.25) is 0 Å². The molecule has 0 N–H and O–H groups in total. The molecule has 1 aliphatic rings. The Hall–Kier alpha value is -1.56. The van der Waals surface area contributed by atoms with Gasteiger partial charge in [0, 0.05) is 31.5 Å². The van der Waals surface area contributed by atoms with Gasteiger partial charge in [-0.05, 0) is 25.0 Å². The van der Waals surface area contributed by atoms with Gasteiger partial charge in [0.2, 0.25) is 0 Å². The average molecular weight is 202 g/mol. The molecule has 0 spiro atoms. The first-order valence-electron chi connectivity index (χ1n) is 5.20. The summed E-state index contributed by atoms with van der Waals surface area (Å²) < 4.78 is 1.98. The third kappa shape index (κ3) is 1.94. The van der Waals surface area contributed by atoms with Crippen LogP contribution in [-0.4, -0.2) is 10.4 Å². The maximum Gasteiger partial charge on any atom is 0.176 e. The monoisotopic (exact) mass is 202 g/mol. The summed E-state index contributed by atoms with van der Waals surface area (Å²) in [4.78, 5) is 11.3. The summed E-state index contributed by atoms with van der Waals surface area (Å²) in [6.45, 7) is 2.39. The summed E-state index contributed by atoms with van der Waals surface area (Å²) in [5, 5.41) is 8.72. The van der Waals surface area contributed by atoms with Gasteiger partial charge in [0.15, 0.2) is 5.78 Å². The molecule has 78 valence electrons. The third-order valence-corrected chi connectivity index (χ3v) is 3.11. The van der Waals surface area contributed by atoms with Crippen molar-refractivity contribution in [2.75, 3.05) is 0 Å². The summed E-state index contributed by atoms with van der Waals surface area (Å²) in [6.07, 6.45) is 4.74. The van der Waals surface area contributed by atoms with Crippen molar-refractivity contribution in [3.8, 4) is 6.07 Å². The van der Waals surface area contributed by atoms with E-state index in [4.69, 9.17) is 5.26 Å². The van der Waals surface area contributed by atoms with Gasteiger partial charge in [0.05, 0.1) is 11.8 Å². The third-order valence-electron chi connectivity index (χ3n) is 3.11. The molecule has 1 aromatic heterocycles. The quantitative estimate of drug-likeness (QED) is 0.704. The van der Waals surface area contributed by atoms with E-state index in [-0.39, 0.29) is 11.2 Å². The molecular formula is C12H14N2O. The SMILES string of the molecule is CC(=O)c1cccn1CC1(CC#N)CC1. The van der Waals surface area contributed by atoms with Crippen molar-refractivity contribution in [1.82, 2.24) is 4.57 Å². The Balaban J connectivity index is 2.15. The van der Waals surface area contributed by atoms with E-state index in [1.807, 2.05) is 22.9 Å². The second-order valence-corrected chi connectivity index (χ2v) is 4.41. The minimum absolute atomic E-state index is 0.0905. The van der Waals surface area contributed by atoms with E-state index in [0.29, 0.717) is 6.42 Å². The van der Waals surface area contributed by atoms with Crippen LogP contribution in [0.3, 0.4) is 0 Å². The first-order chi connectivity index (χ1) is 7.17. The summed E-state index contributed by atoms with van der Waals surface area (Å²) >= 11 is 0. The highest BCUT2D eigenvalue weighted by atomic mass is 16.1. The molecule has 1 aromatic rings. The van der Waals surface area contributed by atoms with Crippen molar-refractivity contribution in [2.24, 2.45) is 5.41 Å². The Kier molecular flexibility index (Phi) is 2.36. The first-order valence-corrected chi connectivity index (χ1v) is 5.20. The van der Waals surface area contributed by atoms with Crippen molar-refractivity contribution in [3.63, 3.8) is 0 Å². The number of ketones is 1. The predicted molar refractivity (Wildman–Crippen MR) is 56.3 cm³/mol. The fourth-order valence-corrected chi connectivity index (χ4v) is 1.97. The predicted octanol–water partition coefficient (Wildman–Crippen LogP) is 2.38. The molecule has 0 amide bonds. The lowest BCUT2D eigenvalue weighted by atomic mass is 10.0. The number of nitrogens with zero attached hydrogens (tertiary/aromatic N) is 2. The van der Waals surface area contributed by atoms with Crippen molar-refractivity contribution >= 4 is 5.78 Å². The van der Waals surface area contributed by atoms with Crippen LogP contribution < -0.4 is 0 Å². The molecular weight excluding hydrogens is 188 g/mol. The maximum absolute atomic E-state index is 11.3. The second kappa shape index (κ2) is 3.54. The summed E-state index contributed by atoms with van der Waals surface area (Å²) in [7, 11) is 0. The maximum atomic E-state index is 11.3. The van der Waals surface area contributed by atoms with Crippen LogP contribution in [-0.2, 0) is 6.54 Å². The van der Waals surface area contributed by atoms with Gasteiger partial charge in [0.25, 0.3) is 0 Å². The van der Waals surface area contributed by atoms with Gasteiger partial charge in [-0.3, -0.25) is 4.79 Å². The van der Waals surface area contributed by atoms with E-state index in [2.05, 4.69) is 6.07 Å². The molecule has 1 aliphatic carbocycles. The fourth-order valence-electron chi connectivity index (χ4n) is 1.97. The van der Waals surface area contributed by atoms with Crippen molar-refractivity contribution < 1.29 is 4.79 Å². The Morgan fingerprint density at radius 1 is 1.67 bits per heavy atom. The standard InChI is InChI=1S/C12H14N2O/c1-10(15)11-3-2-8-14(11)9-12(4-5-12)6-7-13/h2-3,8H,4-6,9H2,1H3. The van der Waals surface area contributed by atoms with Crippen LogP contribution in [0.4, 0.5) is 0 Å². The highest BCUT2D eigenvalue weighted by Crippen LogP contribution is 2.50. The smallest absolute Gasteiger partial charge is 0.176 e. The highest BCUT2D eigenvalue weighted by Gasteiger charge is 2.42. The van der Waals surface area contributed by atoms with Crippen molar-refractivity contribution in [2.45, 2.75) is 32.7 Å². The number of nitriles is 1. The molecule has 0 unspecified atom stereocenters. The molecule has 0 aromatic carbocycles. The molecule has 1 heterocycles. The Morgan fingerprint density at radius 3 is 2.93 bits per heavy atom. The molecule has 3 heteroatoms. The van der Waals surface area contributed by atoms with Crippen LogP contribution >= 0.6 is 0 Å². The van der Waals surface area contributed by atoms with Crippen LogP contribution in [0.15, 0.2) is 18.3 Å². The first kappa shape index (κ1) is 9.97. The van der Waals surface area contributed by atoms with E-state index < -0.39 is 0 Å². The average Bonchev–Trinajstić information content (AvgIpc) is 2.77. The number of Topliss-reactive ketones (excluding diaryl/α,β-unsaturated/α-hetero) is 1. The van der Waals surface area contributed by atoms with Gasteiger partial charge in [0.1, 0.15) is 0 Å². The Morgan fingerprint density at radius 2 is 2.40 bits per heavy atom. The van der Waals surface area contributed by atoms with E-state index in [1.54, 1.807) is 6.92 Å². The van der Waals surface area contributed by atoms with Crippen LogP contribution in [0, 0.1) is 16.7 Å². The number of hydrogen-bond donors (Lipinski definition) is 0. The Labute approximate surface area is 89.3 Å². The Bertz CT molecular complexity index is 421. The molecule has 1 saturated carbocycles. The topological polar surface area (TPSA) is 45.8 Å². The zero-order chi connectivity index (χ0) is 10.9. The number of carbonyl (C=O) groups is 1. The molecule has 2 rings (SSSR count). The van der Waals surface area contributed by atoms with Gasteiger partial charge in [-0.25, -0.2) is 0 Å². The van der Waals surface area contributed by atoms with Gasteiger partial charge in [-0.1, -0.05) is 0 Å². The zero-order valence-corrected chi connectivity index (χ0v) is 8.86. The molecule has 3 nitrogen and oxygen atoms in total. The zero-order valence-electron chi connectivity index (χ0n) is 8.86. The van der Waals surface area contributed by atoms with E-state index in [0.717, 1.165) is 25.1 Å². The van der Waals surface area contributed by atoms with Gasteiger partial charge in [-0.2, -0.15) is 5.26 Å². The van der Waals surface area contributed by atoms with E-state index in [9.17, 15) is 4.79 Å². The molecule has 0 atom stereocenters. The molecule has 0 bridgehead atoms. The second-order valence-electron chi connectivity index (χ2n) is 4.41. The minimum Gasteiger partial charge on any atom is -0.345 e. The highest BCUT2D eigenvalue weighted by molar-refractivity contribution is 5.92. The lowest BCUT2D eigenvalue weighted by molar-refractivity contribution is 0.100. The molecule has 1 fully saturated rings. The number of hydrogen-bond acceptors (Lipinski definition) is 2. The van der Waals surface area contributed by atoms with Crippen molar-refractivity contribution in [1.29, 1.82) is 5.26 Å².